The van der Waals surface area contributed by atoms with E-state index in [0.29, 0.717) is 40.4 Å². The molecule has 0 radical (unpaired) electrons. The van der Waals surface area contributed by atoms with E-state index in [1.165, 1.54) is 33.5 Å². The summed E-state index contributed by atoms with van der Waals surface area (Å²) in [5.74, 6) is 1.30. The molecule has 0 unspecified atom stereocenters. The monoisotopic (exact) mass is 396 g/mol. The lowest BCUT2D eigenvalue weighted by Crippen LogP contribution is -2.02. The van der Waals surface area contributed by atoms with Gasteiger partial charge in [-0.05, 0) is 24.3 Å². The first-order valence-electron chi connectivity index (χ1n) is 8.54. The minimum absolute atomic E-state index is 0.180. The number of aromatic carboxylic acids is 1. The number of carbonyl (C=O) groups is 1. The number of rotatable bonds is 8. The number of nitrogens with one attached hydrogen (secondary N) is 2. The first-order chi connectivity index (χ1) is 14.0. The maximum atomic E-state index is 11.1. The van der Waals surface area contributed by atoms with Crippen LogP contribution >= 0.6 is 0 Å². The molecule has 0 aliphatic carbocycles. The van der Waals surface area contributed by atoms with Crippen molar-refractivity contribution in [1.29, 1.82) is 0 Å². The van der Waals surface area contributed by atoms with Crippen LogP contribution in [-0.2, 0) is 0 Å². The molecule has 0 spiro atoms. The standard InChI is InChI=1S/C20H20N4O5/c1-27-15-10-14(11-16(28-2)18(15)29-3)23-20-21-8-7-17(24-20)22-13-6-4-5-12(9-13)19(25)26/h4-11H,1-3H3,(H,25,26)(H2,21,22,23,24). The fourth-order valence-electron chi connectivity index (χ4n) is 2.65. The Bertz CT molecular complexity index is 1000. The number of anilines is 4. The average Bonchev–Trinajstić information content (AvgIpc) is 2.73. The van der Waals surface area contributed by atoms with Crippen LogP contribution in [0.25, 0.3) is 0 Å². The van der Waals surface area contributed by atoms with Gasteiger partial charge in [-0.1, -0.05) is 6.07 Å². The molecule has 0 aliphatic rings. The number of nitrogens with zero attached hydrogens (tertiary/aromatic N) is 2. The lowest BCUT2D eigenvalue weighted by molar-refractivity contribution is 0.0697. The quantitative estimate of drug-likeness (QED) is 0.524. The van der Waals surface area contributed by atoms with E-state index in [-0.39, 0.29) is 5.56 Å². The molecule has 29 heavy (non-hydrogen) atoms. The highest BCUT2D eigenvalue weighted by Crippen LogP contribution is 2.40. The predicted molar refractivity (Wildman–Crippen MR) is 108 cm³/mol. The zero-order valence-electron chi connectivity index (χ0n) is 16.1. The molecule has 9 nitrogen and oxygen atoms in total. The summed E-state index contributed by atoms with van der Waals surface area (Å²) in [5.41, 5.74) is 1.42. The summed E-state index contributed by atoms with van der Waals surface area (Å²) in [6, 6.07) is 11.6. The summed E-state index contributed by atoms with van der Waals surface area (Å²) >= 11 is 0. The minimum atomic E-state index is -0.999. The van der Waals surface area contributed by atoms with Crippen molar-refractivity contribution in [1.82, 2.24) is 9.97 Å². The second-order valence-electron chi connectivity index (χ2n) is 5.82. The summed E-state index contributed by atoms with van der Waals surface area (Å²) in [5, 5.41) is 15.3. The van der Waals surface area contributed by atoms with Gasteiger partial charge in [0.15, 0.2) is 11.5 Å². The van der Waals surface area contributed by atoms with Crippen LogP contribution in [0.15, 0.2) is 48.7 Å². The van der Waals surface area contributed by atoms with E-state index in [4.69, 9.17) is 19.3 Å². The second kappa shape index (κ2) is 8.79. The highest BCUT2D eigenvalue weighted by atomic mass is 16.5. The van der Waals surface area contributed by atoms with E-state index in [1.807, 2.05) is 0 Å². The van der Waals surface area contributed by atoms with E-state index in [2.05, 4.69) is 20.6 Å². The van der Waals surface area contributed by atoms with Gasteiger partial charge < -0.3 is 30.0 Å². The molecule has 0 atom stereocenters. The van der Waals surface area contributed by atoms with Crippen molar-refractivity contribution >= 4 is 29.1 Å². The fraction of sp³-hybridized carbons (Fsp3) is 0.150. The van der Waals surface area contributed by atoms with Crippen molar-refractivity contribution < 1.29 is 24.1 Å². The second-order valence-corrected chi connectivity index (χ2v) is 5.82. The van der Waals surface area contributed by atoms with Crippen molar-refractivity contribution in [2.45, 2.75) is 0 Å². The van der Waals surface area contributed by atoms with Crippen LogP contribution < -0.4 is 24.8 Å². The Hall–Kier alpha value is -4.01. The number of methoxy groups -OCH3 is 3. The maximum absolute atomic E-state index is 11.1. The van der Waals surface area contributed by atoms with Gasteiger partial charge in [0.1, 0.15) is 5.82 Å². The molecule has 9 heteroatoms. The molecule has 1 aromatic heterocycles. The summed E-state index contributed by atoms with van der Waals surface area (Å²) < 4.78 is 16.0. The van der Waals surface area contributed by atoms with Gasteiger partial charge in [-0.25, -0.2) is 9.78 Å². The largest absolute Gasteiger partial charge is 0.493 e. The number of carboxylic acid groups (broad SMARTS) is 1. The van der Waals surface area contributed by atoms with Crippen molar-refractivity contribution in [3.8, 4) is 17.2 Å². The fourth-order valence-corrected chi connectivity index (χ4v) is 2.65. The molecule has 0 saturated heterocycles. The highest BCUT2D eigenvalue weighted by molar-refractivity contribution is 5.89. The molecule has 1 heterocycles. The highest BCUT2D eigenvalue weighted by Gasteiger charge is 2.14. The zero-order chi connectivity index (χ0) is 20.8. The smallest absolute Gasteiger partial charge is 0.335 e. The number of carboxylic acids is 1. The van der Waals surface area contributed by atoms with E-state index < -0.39 is 5.97 Å². The molecule has 0 bridgehead atoms. The van der Waals surface area contributed by atoms with E-state index in [1.54, 1.807) is 36.5 Å². The van der Waals surface area contributed by atoms with Gasteiger partial charge in [0.05, 0.1) is 26.9 Å². The third kappa shape index (κ3) is 4.64. The molecule has 3 aromatic rings. The summed E-state index contributed by atoms with van der Waals surface area (Å²) in [4.78, 5) is 19.7. The van der Waals surface area contributed by atoms with Crippen LogP contribution in [0.2, 0.25) is 0 Å². The topological polar surface area (TPSA) is 115 Å². The van der Waals surface area contributed by atoms with Crippen LogP contribution in [0, 0.1) is 0 Å². The maximum Gasteiger partial charge on any atom is 0.335 e. The van der Waals surface area contributed by atoms with Crippen molar-refractivity contribution in [2.24, 2.45) is 0 Å². The first-order valence-corrected chi connectivity index (χ1v) is 8.54. The van der Waals surface area contributed by atoms with Gasteiger partial charge >= 0.3 is 5.97 Å². The molecule has 0 aliphatic heterocycles. The summed E-state index contributed by atoms with van der Waals surface area (Å²) in [7, 11) is 4.60. The number of benzene rings is 2. The number of hydrogen-bond donors (Lipinski definition) is 3. The van der Waals surface area contributed by atoms with Crippen molar-refractivity contribution in [3.63, 3.8) is 0 Å². The average molecular weight is 396 g/mol. The van der Waals surface area contributed by atoms with E-state index in [9.17, 15) is 4.79 Å². The van der Waals surface area contributed by atoms with Gasteiger partial charge in [0.2, 0.25) is 11.7 Å². The molecular weight excluding hydrogens is 376 g/mol. The number of ether oxygens (including phenoxy) is 3. The van der Waals surface area contributed by atoms with Gasteiger partial charge in [0.25, 0.3) is 0 Å². The van der Waals surface area contributed by atoms with Crippen molar-refractivity contribution in [2.75, 3.05) is 32.0 Å². The van der Waals surface area contributed by atoms with Crippen LogP contribution in [0.3, 0.4) is 0 Å². The Balaban J connectivity index is 1.83. The predicted octanol–water partition coefficient (Wildman–Crippen LogP) is 3.69. The third-order valence-electron chi connectivity index (χ3n) is 3.96. The van der Waals surface area contributed by atoms with Gasteiger partial charge in [0, 0.05) is 29.7 Å². The van der Waals surface area contributed by atoms with Crippen LogP contribution in [0.1, 0.15) is 10.4 Å². The normalized spacial score (nSPS) is 10.2. The zero-order valence-corrected chi connectivity index (χ0v) is 16.1. The van der Waals surface area contributed by atoms with Gasteiger partial charge in [-0.15, -0.1) is 0 Å². The van der Waals surface area contributed by atoms with Crippen LogP contribution in [-0.4, -0.2) is 42.4 Å². The number of hydrogen-bond acceptors (Lipinski definition) is 8. The van der Waals surface area contributed by atoms with Gasteiger partial charge in [-0.2, -0.15) is 4.98 Å². The Morgan fingerprint density at radius 2 is 1.66 bits per heavy atom. The van der Waals surface area contributed by atoms with E-state index >= 15 is 0 Å². The summed E-state index contributed by atoms with van der Waals surface area (Å²) in [6.45, 7) is 0. The molecule has 0 saturated carbocycles. The Labute approximate surface area is 167 Å². The molecule has 0 fully saturated rings. The molecule has 2 aromatic carbocycles. The lowest BCUT2D eigenvalue weighted by atomic mass is 10.2. The first kappa shape index (κ1) is 19.7. The third-order valence-corrected chi connectivity index (χ3v) is 3.96. The van der Waals surface area contributed by atoms with Gasteiger partial charge in [-0.3, -0.25) is 0 Å². The molecule has 3 N–H and O–H groups in total. The SMILES string of the molecule is COc1cc(Nc2nccc(Nc3cccc(C(=O)O)c3)n2)cc(OC)c1OC. The molecule has 0 amide bonds. The van der Waals surface area contributed by atoms with E-state index in [0.717, 1.165) is 0 Å². The van der Waals surface area contributed by atoms with Crippen molar-refractivity contribution in [3.05, 3.63) is 54.2 Å². The number of aromatic nitrogens is 2. The summed E-state index contributed by atoms with van der Waals surface area (Å²) in [6.07, 6.45) is 1.58. The van der Waals surface area contributed by atoms with Crippen LogP contribution in [0.4, 0.5) is 23.1 Å². The van der Waals surface area contributed by atoms with Crippen LogP contribution in [0.5, 0.6) is 17.2 Å². The Morgan fingerprint density at radius 1 is 0.931 bits per heavy atom. The Morgan fingerprint density at radius 3 is 2.28 bits per heavy atom. The minimum Gasteiger partial charge on any atom is -0.493 e. The molecule has 150 valence electrons. The Kier molecular flexibility index (Phi) is 5.98. The molecular formula is C20H20N4O5. The lowest BCUT2D eigenvalue weighted by Gasteiger charge is -2.15. The molecule has 3 rings (SSSR count).